The Labute approximate surface area is 134 Å². The predicted molar refractivity (Wildman–Crippen MR) is 85.7 cm³/mol. The van der Waals surface area contributed by atoms with E-state index in [4.69, 9.17) is 16.3 Å². The highest BCUT2D eigenvalue weighted by molar-refractivity contribution is 6.33. The van der Waals surface area contributed by atoms with E-state index in [1.54, 1.807) is 13.8 Å². The molecule has 0 saturated heterocycles. The standard InChI is InChI=1S/C16H20ClN3O2/c1-4-10-7-12(13(8-10)22-16(2,3)21)20-6-5-11-14(17)18-9-19-15(11)20/h4-6,9-10,12-13,21H,1,7-8H2,2-3H3/t10-,12+,13+/m0/s1. The number of aromatic nitrogens is 3. The molecule has 1 aliphatic rings. The Morgan fingerprint density at radius 3 is 2.91 bits per heavy atom. The van der Waals surface area contributed by atoms with Crippen molar-refractivity contribution in [3.63, 3.8) is 0 Å². The molecule has 0 spiro atoms. The van der Waals surface area contributed by atoms with Crippen LogP contribution in [0.15, 0.2) is 31.2 Å². The van der Waals surface area contributed by atoms with Gasteiger partial charge in [-0.2, -0.15) is 0 Å². The molecular formula is C16H20ClN3O2. The summed E-state index contributed by atoms with van der Waals surface area (Å²) in [5.41, 5.74) is 0.791. The molecule has 22 heavy (non-hydrogen) atoms. The Hall–Kier alpha value is -1.43. The predicted octanol–water partition coefficient (Wildman–Crippen LogP) is 3.34. The van der Waals surface area contributed by atoms with Gasteiger partial charge < -0.3 is 14.4 Å². The van der Waals surface area contributed by atoms with E-state index in [0.717, 1.165) is 23.9 Å². The Kier molecular flexibility index (Phi) is 3.97. The van der Waals surface area contributed by atoms with Crippen molar-refractivity contribution in [3.05, 3.63) is 36.4 Å². The molecule has 0 unspecified atom stereocenters. The molecule has 2 aromatic heterocycles. The number of halogens is 1. The van der Waals surface area contributed by atoms with E-state index < -0.39 is 5.79 Å². The van der Waals surface area contributed by atoms with Gasteiger partial charge >= 0.3 is 0 Å². The lowest BCUT2D eigenvalue weighted by Gasteiger charge is -2.28. The van der Waals surface area contributed by atoms with Crippen LogP contribution in [0.5, 0.6) is 0 Å². The Morgan fingerprint density at radius 1 is 1.45 bits per heavy atom. The van der Waals surface area contributed by atoms with Gasteiger partial charge in [-0.25, -0.2) is 9.97 Å². The zero-order valence-electron chi connectivity index (χ0n) is 12.7. The van der Waals surface area contributed by atoms with Crippen LogP contribution in [0, 0.1) is 5.92 Å². The Bertz CT molecular complexity index is 692. The van der Waals surface area contributed by atoms with Crippen molar-refractivity contribution >= 4 is 22.6 Å². The number of ether oxygens (including phenoxy) is 1. The van der Waals surface area contributed by atoms with E-state index >= 15 is 0 Å². The molecule has 2 heterocycles. The first-order valence-electron chi connectivity index (χ1n) is 7.39. The molecule has 0 bridgehead atoms. The topological polar surface area (TPSA) is 60.2 Å². The molecule has 1 N–H and O–H groups in total. The van der Waals surface area contributed by atoms with Crippen LogP contribution in [0.1, 0.15) is 32.7 Å². The molecule has 1 saturated carbocycles. The summed E-state index contributed by atoms with van der Waals surface area (Å²) in [5.74, 6) is -0.818. The number of hydrogen-bond acceptors (Lipinski definition) is 4. The van der Waals surface area contributed by atoms with E-state index in [9.17, 15) is 5.11 Å². The number of aliphatic hydroxyl groups is 1. The van der Waals surface area contributed by atoms with Gasteiger partial charge in [0.05, 0.1) is 17.5 Å². The van der Waals surface area contributed by atoms with E-state index in [0.29, 0.717) is 11.1 Å². The third kappa shape index (κ3) is 2.89. The van der Waals surface area contributed by atoms with Crippen molar-refractivity contribution in [1.82, 2.24) is 14.5 Å². The number of fused-ring (bicyclic) bond motifs is 1. The summed E-state index contributed by atoms with van der Waals surface area (Å²) in [7, 11) is 0. The number of allylic oxidation sites excluding steroid dienone is 1. The van der Waals surface area contributed by atoms with Crippen molar-refractivity contribution in [2.45, 2.75) is 44.6 Å². The Balaban J connectivity index is 1.99. The van der Waals surface area contributed by atoms with Crippen LogP contribution in [-0.4, -0.2) is 31.5 Å². The molecule has 0 amide bonds. The molecule has 1 fully saturated rings. The lowest BCUT2D eigenvalue weighted by Crippen LogP contribution is -2.33. The average Bonchev–Trinajstić information content (AvgIpc) is 3.01. The summed E-state index contributed by atoms with van der Waals surface area (Å²) in [6, 6.07) is 2.00. The summed E-state index contributed by atoms with van der Waals surface area (Å²) < 4.78 is 7.93. The summed E-state index contributed by atoms with van der Waals surface area (Å²) in [6.45, 7) is 7.19. The number of hydrogen-bond donors (Lipinski definition) is 1. The van der Waals surface area contributed by atoms with Crippen LogP contribution in [0.25, 0.3) is 11.0 Å². The lowest BCUT2D eigenvalue weighted by molar-refractivity contribution is -0.210. The quantitative estimate of drug-likeness (QED) is 0.533. The van der Waals surface area contributed by atoms with Gasteiger partial charge in [0.2, 0.25) is 0 Å². The maximum Gasteiger partial charge on any atom is 0.160 e. The minimum atomic E-state index is -1.17. The second-order valence-corrected chi connectivity index (χ2v) is 6.62. The molecule has 0 radical (unpaired) electrons. The molecule has 3 rings (SSSR count). The van der Waals surface area contributed by atoms with Gasteiger partial charge in [-0.1, -0.05) is 17.7 Å². The van der Waals surface area contributed by atoms with Crippen LogP contribution >= 0.6 is 11.6 Å². The zero-order chi connectivity index (χ0) is 15.9. The van der Waals surface area contributed by atoms with Gasteiger partial charge in [0.1, 0.15) is 17.1 Å². The highest BCUT2D eigenvalue weighted by Crippen LogP contribution is 2.40. The van der Waals surface area contributed by atoms with E-state index in [2.05, 4.69) is 21.1 Å². The maximum atomic E-state index is 10.0. The first kappa shape index (κ1) is 15.5. The third-order valence-corrected chi connectivity index (χ3v) is 4.40. The fourth-order valence-corrected chi connectivity index (χ4v) is 3.39. The smallest absolute Gasteiger partial charge is 0.160 e. The molecule has 6 heteroatoms. The summed E-state index contributed by atoms with van der Waals surface area (Å²) in [6.07, 6.45) is 7.00. The second kappa shape index (κ2) is 5.65. The molecule has 5 nitrogen and oxygen atoms in total. The normalized spacial score (nSPS) is 25.7. The highest BCUT2D eigenvalue weighted by atomic mass is 35.5. The van der Waals surface area contributed by atoms with Crippen molar-refractivity contribution in [2.24, 2.45) is 5.92 Å². The maximum absolute atomic E-state index is 10.0. The third-order valence-electron chi connectivity index (χ3n) is 4.10. The van der Waals surface area contributed by atoms with Crippen molar-refractivity contribution in [1.29, 1.82) is 0 Å². The summed E-state index contributed by atoms with van der Waals surface area (Å²) >= 11 is 6.12. The van der Waals surface area contributed by atoms with Gasteiger partial charge in [-0.15, -0.1) is 6.58 Å². The van der Waals surface area contributed by atoms with Crippen LogP contribution in [0.2, 0.25) is 5.15 Å². The SMILES string of the molecule is C=C[C@H]1C[C@@H](n2ccc3c(Cl)ncnc32)[C@H](OC(C)(C)O)C1. The summed E-state index contributed by atoms with van der Waals surface area (Å²) in [5, 5.41) is 11.3. The minimum Gasteiger partial charge on any atom is -0.366 e. The average molecular weight is 322 g/mol. The Morgan fingerprint density at radius 2 is 2.23 bits per heavy atom. The van der Waals surface area contributed by atoms with E-state index in [1.165, 1.54) is 6.33 Å². The molecule has 2 aromatic rings. The fraction of sp³-hybridized carbons (Fsp3) is 0.500. The second-order valence-electron chi connectivity index (χ2n) is 6.26. The highest BCUT2D eigenvalue weighted by Gasteiger charge is 2.38. The fourth-order valence-electron chi connectivity index (χ4n) is 3.20. The molecule has 0 aliphatic heterocycles. The van der Waals surface area contributed by atoms with Crippen molar-refractivity contribution < 1.29 is 9.84 Å². The minimum absolute atomic E-state index is 0.0814. The van der Waals surface area contributed by atoms with Crippen LogP contribution < -0.4 is 0 Å². The molecule has 118 valence electrons. The summed E-state index contributed by atoms with van der Waals surface area (Å²) in [4.78, 5) is 8.36. The monoisotopic (exact) mass is 321 g/mol. The van der Waals surface area contributed by atoms with Crippen molar-refractivity contribution in [2.75, 3.05) is 0 Å². The first-order valence-corrected chi connectivity index (χ1v) is 7.76. The zero-order valence-corrected chi connectivity index (χ0v) is 13.5. The van der Waals surface area contributed by atoms with E-state index in [1.807, 2.05) is 18.3 Å². The molecule has 1 aliphatic carbocycles. The molecule has 3 atom stereocenters. The van der Waals surface area contributed by atoms with E-state index in [-0.39, 0.29) is 12.1 Å². The first-order chi connectivity index (χ1) is 10.4. The van der Waals surface area contributed by atoms with Crippen LogP contribution in [0.4, 0.5) is 0 Å². The van der Waals surface area contributed by atoms with Gasteiger partial charge in [-0.05, 0) is 38.7 Å². The van der Waals surface area contributed by atoms with Gasteiger partial charge in [0, 0.05) is 6.20 Å². The van der Waals surface area contributed by atoms with Crippen LogP contribution in [-0.2, 0) is 4.74 Å². The molecular weight excluding hydrogens is 302 g/mol. The lowest BCUT2D eigenvalue weighted by atomic mass is 10.1. The van der Waals surface area contributed by atoms with Gasteiger partial charge in [0.25, 0.3) is 0 Å². The number of nitrogens with zero attached hydrogens (tertiary/aromatic N) is 3. The van der Waals surface area contributed by atoms with Crippen molar-refractivity contribution in [3.8, 4) is 0 Å². The van der Waals surface area contributed by atoms with Gasteiger partial charge in [-0.3, -0.25) is 0 Å². The largest absolute Gasteiger partial charge is 0.366 e. The van der Waals surface area contributed by atoms with Crippen LogP contribution in [0.3, 0.4) is 0 Å². The number of rotatable bonds is 4. The van der Waals surface area contributed by atoms with Gasteiger partial charge in [0.15, 0.2) is 5.79 Å². The molecule has 0 aromatic carbocycles.